The second kappa shape index (κ2) is 6.62. The van der Waals surface area contributed by atoms with Crippen molar-refractivity contribution in [3.8, 4) is 0 Å². The Balaban J connectivity index is 1.51. The minimum atomic E-state index is -0.282. The van der Waals surface area contributed by atoms with Crippen molar-refractivity contribution >= 4 is 23.3 Å². The van der Waals surface area contributed by atoms with E-state index in [-0.39, 0.29) is 23.5 Å². The highest BCUT2D eigenvalue weighted by atomic mass is 16.2. The highest BCUT2D eigenvalue weighted by Gasteiger charge is 2.41. The lowest BCUT2D eigenvalue weighted by atomic mass is 9.94. The van der Waals surface area contributed by atoms with Crippen LogP contribution in [0, 0.1) is 5.92 Å². The molecule has 1 unspecified atom stereocenters. The molecular formula is C20H24N2O3. The molecule has 1 aromatic carbocycles. The summed E-state index contributed by atoms with van der Waals surface area (Å²) in [5, 5.41) is 0. The Bertz CT molecular complexity index is 709. The SMILES string of the molecule is O=C1CCN(C(=O)C2CC(=O)N(C3CCCCC3)C2)c2ccccc21. The van der Waals surface area contributed by atoms with Crippen LogP contribution >= 0.6 is 0 Å². The fourth-order valence-corrected chi connectivity index (χ4v) is 4.51. The second-order valence-corrected chi connectivity index (χ2v) is 7.42. The van der Waals surface area contributed by atoms with Gasteiger partial charge < -0.3 is 9.80 Å². The maximum absolute atomic E-state index is 13.1. The van der Waals surface area contributed by atoms with E-state index in [0.717, 1.165) is 12.8 Å². The van der Waals surface area contributed by atoms with Crippen molar-refractivity contribution in [1.82, 2.24) is 4.90 Å². The number of rotatable bonds is 2. The number of ketones is 1. The maximum atomic E-state index is 13.1. The number of carbonyl (C=O) groups excluding carboxylic acids is 3. The Morgan fingerprint density at radius 2 is 1.80 bits per heavy atom. The van der Waals surface area contributed by atoms with E-state index in [9.17, 15) is 14.4 Å². The number of hydrogen-bond donors (Lipinski definition) is 0. The smallest absolute Gasteiger partial charge is 0.232 e. The summed E-state index contributed by atoms with van der Waals surface area (Å²) >= 11 is 0. The summed E-state index contributed by atoms with van der Waals surface area (Å²) in [7, 11) is 0. The molecular weight excluding hydrogens is 316 g/mol. The van der Waals surface area contributed by atoms with Crippen LogP contribution in [0.25, 0.3) is 0 Å². The quantitative estimate of drug-likeness (QED) is 0.832. The molecule has 1 aromatic rings. The zero-order valence-corrected chi connectivity index (χ0v) is 14.4. The van der Waals surface area contributed by atoms with Gasteiger partial charge >= 0.3 is 0 Å². The van der Waals surface area contributed by atoms with Gasteiger partial charge in [-0.15, -0.1) is 0 Å². The van der Waals surface area contributed by atoms with E-state index < -0.39 is 0 Å². The molecule has 1 saturated carbocycles. The van der Waals surface area contributed by atoms with Crippen molar-refractivity contribution in [3.05, 3.63) is 29.8 Å². The fraction of sp³-hybridized carbons (Fsp3) is 0.550. The van der Waals surface area contributed by atoms with Crippen LogP contribution in [0.5, 0.6) is 0 Å². The average molecular weight is 340 g/mol. The Hall–Kier alpha value is -2.17. The van der Waals surface area contributed by atoms with E-state index in [2.05, 4.69) is 0 Å². The first kappa shape index (κ1) is 16.3. The van der Waals surface area contributed by atoms with Gasteiger partial charge in [-0.2, -0.15) is 0 Å². The van der Waals surface area contributed by atoms with Crippen molar-refractivity contribution in [2.45, 2.75) is 51.0 Å². The minimum Gasteiger partial charge on any atom is -0.339 e. The molecule has 132 valence electrons. The molecule has 5 heteroatoms. The van der Waals surface area contributed by atoms with Crippen LogP contribution in [-0.4, -0.2) is 41.6 Å². The summed E-state index contributed by atoms with van der Waals surface area (Å²) in [6, 6.07) is 7.61. The van der Waals surface area contributed by atoms with E-state index in [1.54, 1.807) is 11.0 Å². The van der Waals surface area contributed by atoms with Gasteiger partial charge in [-0.1, -0.05) is 31.4 Å². The second-order valence-electron chi connectivity index (χ2n) is 7.42. The molecule has 1 atom stereocenters. The van der Waals surface area contributed by atoms with E-state index in [4.69, 9.17) is 0 Å². The lowest BCUT2D eigenvalue weighted by Crippen LogP contribution is -2.43. The zero-order valence-electron chi connectivity index (χ0n) is 14.4. The molecule has 5 nitrogen and oxygen atoms in total. The molecule has 2 amide bonds. The van der Waals surface area contributed by atoms with Gasteiger partial charge in [0.2, 0.25) is 11.8 Å². The molecule has 0 bridgehead atoms. The average Bonchev–Trinajstić information content (AvgIpc) is 3.04. The van der Waals surface area contributed by atoms with Gasteiger partial charge in [0.15, 0.2) is 5.78 Å². The number of nitrogens with zero attached hydrogens (tertiary/aromatic N) is 2. The molecule has 0 aromatic heterocycles. The van der Waals surface area contributed by atoms with Crippen molar-refractivity contribution in [2.24, 2.45) is 5.92 Å². The Morgan fingerprint density at radius 1 is 1.04 bits per heavy atom. The predicted octanol–water partition coefficient (Wildman–Crippen LogP) is 2.79. The predicted molar refractivity (Wildman–Crippen MR) is 94.4 cm³/mol. The Morgan fingerprint density at radius 3 is 2.60 bits per heavy atom. The van der Waals surface area contributed by atoms with E-state index in [1.165, 1.54) is 19.3 Å². The number of likely N-dealkylation sites (tertiary alicyclic amines) is 1. The number of benzene rings is 1. The van der Waals surface area contributed by atoms with Crippen LogP contribution in [0.4, 0.5) is 5.69 Å². The molecule has 2 aliphatic heterocycles. The first-order valence-electron chi connectivity index (χ1n) is 9.38. The molecule has 25 heavy (non-hydrogen) atoms. The van der Waals surface area contributed by atoms with Gasteiger partial charge in [0.1, 0.15) is 0 Å². The number of fused-ring (bicyclic) bond motifs is 1. The zero-order chi connectivity index (χ0) is 17.4. The first-order chi connectivity index (χ1) is 12.1. The highest BCUT2D eigenvalue weighted by Crippen LogP contribution is 2.33. The summed E-state index contributed by atoms with van der Waals surface area (Å²) in [6.45, 7) is 0.956. The van der Waals surface area contributed by atoms with Crippen LogP contribution in [0.1, 0.15) is 55.3 Å². The van der Waals surface area contributed by atoms with E-state index in [1.807, 2.05) is 23.1 Å². The third kappa shape index (κ3) is 2.96. The Kier molecular flexibility index (Phi) is 4.32. The van der Waals surface area contributed by atoms with Crippen molar-refractivity contribution < 1.29 is 14.4 Å². The summed E-state index contributed by atoms with van der Waals surface area (Å²) in [5.74, 6) is -0.0834. The van der Waals surface area contributed by atoms with Gasteiger partial charge in [0.05, 0.1) is 11.6 Å². The molecule has 0 N–H and O–H groups in total. The van der Waals surface area contributed by atoms with Crippen molar-refractivity contribution in [3.63, 3.8) is 0 Å². The van der Waals surface area contributed by atoms with Crippen molar-refractivity contribution in [2.75, 3.05) is 18.0 Å². The molecule has 4 rings (SSSR count). The van der Waals surface area contributed by atoms with E-state index in [0.29, 0.717) is 43.2 Å². The molecule has 1 saturated heterocycles. The lowest BCUT2D eigenvalue weighted by molar-refractivity contribution is -0.130. The number of amides is 2. The highest BCUT2D eigenvalue weighted by molar-refractivity contribution is 6.09. The molecule has 1 aliphatic carbocycles. The lowest BCUT2D eigenvalue weighted by Gasteiger charge is -2.32. The van der Waals surface area contributed by atoms with Gasteiger partial charge in [-0.05, 0) is 25.0 Å². The topological polar surface area (TPSA) is 57.7 Å². The normalized spacial score (nSPS) is 24.6. The number of carbonyl (C=O) groups is 3. The van der Waals surface area contributed by atoms with Crippen LogP contribution < -0.4 is 4.90 Å². The van der Waals surface area contributed by atoms with Crippen LogP contribution in [-0.2, 0) is 9.59 Å². The van der Waals surface area contributed by atoms with Gasteiger partial charge in [0.25, 0.3) is 0 Å². The fourth-order valence-electron chi connectivity index (χ4n) is 4.51. The minimum absolute atomic E-state index is 0.00777. The summed E-state index contributed by atoms with van der Waals surface area (Å²) in [5.41, 5.74) is 1.32. The van der Waals surface area contributed by atoms with Crippen LogP contribution in [0.2, 0.25) is 0 Å². The van der Waals surface area contributed by atoms with Crippen molar-refractivity contribution in [1.29, 1.82) is 0 Å². The molecule has 2 fully saturated rings. The van der Waals surface area contributed by atoms with Gasteiger partial charge in [-0.3, -0.25) is 14.4 Å². The summed E-state index contributed by atoms with van der Waals surface area (Å²) in [4.78, 5) is 41.3. The van der Waals surface area contributed by atoms with Gasteiger partial charge in [-0.25, -0.2) is 0 Å². The van der Waals surface area contributed by atoms with Crippen LogP contribution in [0.15, 0.2) is 24.3 Å². The number of hydrogen-bond acceptors (Lipinski definition) is 3. The number of Topliss-reactive ketones (excluding diaryl/α,β-unsaturated/α-hetero) is 1. The Labute approximate surface area is 148 Å². The largest absolute Gasteiger partial charge is 0.339 e. The standard InChI is InChI=1S/C20H24N2O3/c23-18-10-11-21(17-9-5-4-8-16(17)18)20(25)14-12-19(24)22(13-14)15-6-2-1-3-7-15/h4-5,8-9,14-15H,1-3,6-7,10-13H2. The molecule has 2 heterocycles. The first-order valence-corrected chi connectivity index (χ1v) is 9.38. The molecule has 0 spiro atoms. The summed E-state index contributed by atoms with van der Waals surface area (Å²) in [6.07, 6.45) is 6.39. The van der Waals surface area contributed by atoms with Gasteiger partial charge in [0, 0.05) is 37.5 Å². The molecule has 0 radical (unpaired) electrons. The summed E-state index contributed by atoms with van der Waals surface area (Å²) < 4.78 is 0. The molecule has 3 aliphatic rings. The number of anilines is 1. The maximum Gasteiger partial charge on any atom is 0.232 e. The number of para-hydroxylation sites is 1. The van der Waals surface area contributed by atoms with E-state index >= 15 is 0 Å². The third-order valence-corrected chi connectivity index (χ3v) is 5.85. The van der Waals surface area contributed by atoms with Crippen LogP contribution in [0.3, 0.4) is 0 Å². The monoisotopic (exact) mass is 340 g/mol. The third-order valence-electron chi connectivity index (χ3n) is 5.85.